The standard InChI is InChI=1S/C20H42NO4P/c1-4-5-6-7-8-9-10-11-12-13-14-15-16-17-20(22)19(21-2)18-25-26(3,23)24/h16-17,19-22H,4-15,18H2,1-3H3,(H,23,24). The highest BCUT2D eigenvalue weighted by Crippen LogP contribution is 2.36. The van der Waals surface area contributed by atoms with Gasteiger partial charge in [-0.15, -0.1) is 0 Å². The molecule has 0 radical (unpaired) electrons. The molecule has 0 amide bonds. The molecule has 0 aromatic heterocycles. The Labute approximate surface area is 161 Å². The van der Waals surface area contributed by atoms with Crippen LogP contribution in [0.15, 0.2) is 12.2 Å². The van der Waals surface area contributed by atoms with E-state index < -0.39 is 13.7 Å². The Kier molecular flexibility index (Phi) is 16.8. The topological polar surface area (TPSA) is 78.8 Å². The Morgan fingerprint density at radius 1 is 1.00 bits per heavy atom. The first-order valence-corrected chi connectivity index (χ1v) is 12.4. The number of nitrogens with one attached hydrogen (secondary N) is 1. The fraction of sp³-hybridized carbons (Fsp3) is 0.900. The molecule has 0 aliphatic rings. The Bertz CT molecular complexity index is 384. The summed E-state index contributed by atoms with van der Waals surface area (Å²) in [4.78, 5) is 9.15. The summed E-state index contributed by atoms with van der Waals surface area (Å²) in [5.41, 5.74) is 0. The molecule has 0 fully saturated rings. The van der Waals surface area contributed by atoms with Gasteiger partial charge in [-0.2, -0.15) is 0 Å². The predicted molar refractivity (Wildman–Crippen MR) is 111 cm³/mol. The lowest BCUT2D eigenvalue weighted by Gasteiger charge is -2.20. The average Bonchev–Trinajstić information content (AvgIpc) is 2.58. The van der Waals surface area contributed by atoms with Crippen LogP contribution in [-0.4, -0.2) is 42.5 Å². The van der Waals surface area contributed by atoms with E-state index in [4.69, 9.17) is 9.42 Å². The summed E-state index contributed by atoms with van der Waals surface area (Å²) in [7, 11) is -1.81. The number of unbranched alkanes of at least 4 members (excludes halogenated alkanes) is 11. The van der Waals surface area contributed by atoms with Gasteiger partial charge in [0.15, 0.2) is 0 Å². The predicted octanol–water partition coefficient (Wildman–Crippen LogP) is 5.02. The minimum Gasteiger partial charge on any atom is -0.387 e. The Morgan fingerprint density at radius 3 is 1.96 bits per heavy atom. The van der Waals surface area contributed by atoms with Crippen LogP contribution in [0.3, 0.4) is 0 Å². The molecule has 156 valence electrons. The van der Waals surface area contributed by atoms with Crippen molar-refractivity contribution in [2.24, 2.45) is 0 Å². The van der Waals surface area contributed by atoms with Crippen molar-refractivity contribution in [3.05, 3.63) is 12.2 Å². The normalized spacial score (nSPS) is 16.7. The summed E-state index contributed by atoms with van der Waals surface area (Å²) in [6.45, 7) is 3.41. The van der Waals surface area contributed by atoms with E-state index in [-0.39, 0.29) is 12.6 Å². The van der Waals surface area contributed by atoms with Crippen LogP contribution in [0.2, 0.25) is 0 Å². The number of rotatable bonds is 18. The zero-order chi connectivity index (χ0) is 19.7. The van der Waals surface area contributed by atoms with Crippen LogP contribution >= 0.6 is 7.60 Å². The van der Waals surface area contributed by atoms with Crippen LogP contribution < -0.4 is 5.32 Å². The van der Waals surface area contributed by atoms with E-state index >= 15 is 0 Å². The zero-order valence-corrected chi connectivity index (χ0v) is 18.1. The number of aliphatic hydroxyl groups excluding tert-OH is 1. The van der Waals surface area contributed by atoms with Crippen LogP contribution in [0, 0.1) is 0 Å². The van der Waals surface area contributed by atoms with Gasteiger partial charge < -0.3 is 19.8 Å². The Hall–Kier alpha value is -0.190. The van der Waals surface area contributed by atoms with Crippen molar-refractivity contribution in [2.75, 3.05) is 20.3 Å². The van der Waals surface area contributed by atoms with Crippen LogP contribution in [-0.2, 0) is 9.09 Å². The van der Waals surface area contributed by atoms with Gasteiger partial charge in [-0.1, -0.05) is 83.3 Å². The summed E-state index contributed by atoms with van der Waals surface area (Å²) in [5, 5.41) is 13.0. The highest BCUT2D eigenvalue weighted by atomic mass is 31.2. The minimum absolute atomic E-state index is 0.00469. The van der Waals surface area contributed by atoms with Gasteiger partial charge in [-0.05, 0) is 19.9 Å². The molecule has 0 saturated heterocycles. The second-order valence-electron chi connectivity index (χ2n) is 7.24. The van der Waals surface area contributed by atoms with E-state index in [1.165, 1.54) is 64.2 Å². The van der Waals surface area contributed by atoms with Gasteiger partial charge in [0.25, 0.3) is 0 Å². The summed E-state index contributed by atoms with van der Waals surface area (Å²) in [6, 6.07) is -0.385. The van der Waals surface area contributed by atoms with E-state index in [9.17, 15) is 9.67 Å². The molecule has 0 bridgehead atoms. The average molecular weight is 392 g/mol. The number of allylic oxidation sites excluding steroid dienone is 1. The third kappa shape index (κ3) is 17.2. The van der Waals surface area contributed by atoms with Crippen molar-refractivity contribution >= 4 is 7.60 Å². The summed E-state index contributed by atoms with van der Waals surface area (Å²) in [5.74, 6) is 0. The van der Waals surface area contributed by atoms with Gasteiger partial charge in [0.1, 0.15) is 0 Å². The summed E-state index contributed by atoms with van der Waals surface area (Å²) >= 11 is 0. The number of aliphatic hydroxyl groups is 1. The molecule has 3 N–H and O–H groups in total. The van der Waals surface area contributed by atoms with Crippen molar-refractivity contribution in [2.45, 2.75) is 96.1 Å². The lowest BCUT2D eigenvalue weighted by atomic mass is 10.0. The quantitative estimate of drug-likeness (QED) is 0.174. The fourth-order valence-electron chi connectivity index (χ4n) is 2.87. The van der Waals surface area contributed by atoms with Gasteiger partial charge in [0.05, 0.1) is 18.8 Å². The maximum atomic E-state index is 11.1. The molecule has 0 aromatic carbocycles. The highest BCUT2D eigenvalue weighted by Gasteiger charge is 2.19. The summed E-state index contributed by atoms with van der Waals surface area (Å²) < 4.78 is 16.0. The van der Waals surface area contributed by atoms with Crippen molar-refractivity contribution in [3.8, 4) is 0 Å². The first-order valence-electron chi connectivity index (χ1n) is 10.4. The summed E-state index contributed by atoms with van der Waals surface area (Å²) in [6.07, 6.45) is 18.6. The van der Waals surface area contributed by atoms with E-state index in [0.29, 0.717) is 0 Å². The lowest BCUT2D eigenvalue weighted by Crippen LogP contribution is -2.40. The largest absolute Gasteiger partial charge is 0.387 e. The van der Waals surface area contributed by atoms with Crippen molar-refractivity contribution in [1.82, 2.24) is 5.32 Å². The first kappa shape index (κ1) is 25.8. The van der Waals surface area contributed by atoms with Crippen LogP contribution in [0.25, 0.3) is 0 Å². The first-order chi connectivity index (χ1) is 12.4. The minimum atomic E-state index is -3.51. The smallest absolute Gasteiger partial charge is 0.325 e. The molecule has 0 rings (SSSR count). The van der Waals surface area contributed by atoms with E-state index in [2.05, 4.69) is 12.2 Å². The van der Waals surface area contributed by atoms with Gasteiger partial charge in [-0.3, -0.25) is 4.57 Å². The van der Waals surface area contributed by atoms with Gasteiger partial charge in [0.2, 0.25) is 0 Å². The second-order valence-corrected chi connectivity index (χ2v) is 9.10. The molecule has 0 saturated carbocycles. The zero-order valence-electron chi connectivity index (χ0n) is 17.2. The van der Waals surface area contributed by atoms with Crippen molar-refractivity contribution in [1.29, 1.82) is 0 Å². The Morgan fingerprint density at radius 2 is 1.50 bits per heavy atom. The molecular weight excluding hydrogens is 349 g/mol. The van der Waals surface area contributed by atoms with E-state index in [1.807, 2.05) is 6.08 Å². The Balaban J connectivity index is 3.59. The maximum Gasteiger partial charge on any atom is 0.325 e. The van der Waals surface area contributed by atoms with Crippen LogP contribution in [0.1, 0.15) is 84.0 Å². The molecule has 0 aliphatic heterocycles. The highest BCUT2D eigenvalue weighted by molar-refractivity contribution is 7.51. The van der Waals surface area contributed by atoms with Gasteiger partial charge >= 0.3 is 7.60 Å². The molecular formula is C20H42NO4P. The molecule has 3 atom stereocenters. The maximum absolute atomic E-state index is 11.1. The second kappa shape index (κ2) is 16.9. The molecule has 5 nitrogen and oxygen atoms in total. The van der Waals surface area contributed by atoms with E-state index in [1.54, 1.807) is 13.1 Å². The van der Waals surface area contributed by atoms with Crippen LogP contribution in [0.5, 0.6) is 0 Å². The molecule has 6 heteroatoms. The third-order valence-electron chi connectivity index (χ3n) is 4.58. The van der Waals surface area contributed by atoms with Gasteiger partial charge in [-0.25, -0.2) is 0 Å². The number of likely N-dealkylation sites (N-methyl/N-ethyl adjacent to an activating group) is 1. The molecule has 0 spiro atoms. The number of hydrogen-bond acceptors (Lipinski definition) is 4. The molecule has 0 aromatic rings. The lowest BCUT2D eigenvalue weighted by molar-refractivity contribution is 0.131. The number of hydrogen-bond donors (Lipinski definition) is 3. The molecule has 0 heterocycles. The molecule has 26 heavy (non-hydrogen) atoms. The van der Waals surface area contributed by atoms with Gasteiger partial charge in [0, 0.05) is 6.66 Å². The molecule has 0 aliphatic carbocycles. The SMILES string of the molecule is CCCCCCCCCCCCCC=CC(O)C(COP(C)(=O)O)NC. The molecule has 3 unspecified atom stereocenters. The van der Waals surface area contributed by atoms with Crippen molar-refractivity contribution in [3.63, 3.8) is 0 Å². The van der Waals surface area contributed by atoms with Crippen molar-refractivity contribution < 1.29 is 19.1 Å². The van der Waals surface area contributed by atoms with Crippen LogP contribution in [0.4, 0.5) is 0 Å². The monoisotopic (exact) mass is 391 g/mol. The third-order valence-corrected chi connectivity index (χ3v) is 5.21. The fourth-order valence-corrected chi connectivity index (χ4v) is 3.30. The van der Waals surface area contributed by atoms with E-state index in [0.717, 1.165) is 19.5 Å².